The fourth-order valence-electron chi connectivity index (χ4n) is 2.05. The third kappa shape index (κ3) is 5.35. The Labute approximate surface area is 129 Å². The summed E-state index contributed by atoms with van der Waals surface area (Å²) in [5.41, 5.74) is 1.09. The minimum absolute atomic E-state index is 0. The molecule has 0 spiro atoms. The van der Waals surface area contributed by atoms with E-state index in [4.69, 9.17) is 5.11 Å². The number of rotatable bonds is 4. The van der Waals surface area contributed by atoms with E-state index in [0.29, 0.717) is 19.6 Å². The van der Waals surface area contributed by atoms with Gasteiger partial charge in [0.25, 0.3) is 0 Å². The molecule has 0 aliphatic carbocycles. The topological polar surface area (TPSA) is 90.8 Å². The van der Waals surface area contributed by atoms with Crippen LogP contribution < -0.4 is 18.9 Å². The summed E-state index contributed by atoms with van der Waals surface area (Å²) in [7, 11) is 0. The molecule has 0 atom stereocenters. The summed E-state index contributed by atoms with van der Waals surface area (Å²) in [6, 6.07) is 9.80. The van der Waals surface area contributed by atoms with E-state index in [0.717, 1.165) is 5.56 Å². The zero-order chi connectivity index (χ0) is 13.0. The number of nitrogens with zero attached hydrogens (tertiary/aromatic N) is 2. The van der Waals surface area contributed by atoms with Crippen molar-refractivity contribution in [2.45, 2.75) is 6.54 Å². The van der Waals surface area contributed by atoms with Crippen molar-refractivity contribution in [1.82, 2.24) is 9.80 Å². The first kappa shape index (κ1) is 18.7. The van der Waals surface area contributed by atoms with Gasteiger partial charge in [-0.1, -0.05) is 30.3 Å². The summed E-state index contributed by atoms with van der Waals surface area (Å²) in [6.45, 7) is 1.93. The minimum Gasteiger partial charge on any atom is -0.870 e. The third-order valence-electron chi connectivity index (χ3n) is 2.97. The number of carbonyl (C=O) groups excluding carboxylic acids is 1. The second-order valence-electron chi connectivity index (χ2n) is 4.41. The zero-order valence-electron chi connectivity index (χ0n) is 11.5. The van der Waals surface area contributed by atoms with Gasteiger partial charge in [0.15, 0.2) is 0 Å². The van der Waals surface area contributed by atoms with Crippen molar-refractivity contribution >= 4 is 11.9 Å². The molecule has 1 aromatic carbocycles. The maximum atomic E-state index is 11.9. The Bertz CT molecular complexity index is 441. The average Bonchev–Trinajstić information content (AvgIpc) is 2.33. The number of amides is 1. The van der Waals surface area contributed by atoms with Crippen LogP contribution in [0.5, 0.6) is 0 Å². The van der Waals surface area contributed by atoms with Crippen molar-refractivity contribution in [3.63, 3.8) is 0 Å². The van der Waals surface area contributed by atoms with Crippen LogP contribution in [-0.2, 0) is 16.1 Å². The largest absolute Gasteiger partial charge is 1.00 e. The van der Waals surface area contributed by atoms with Crippen molar-refractivity contribution < 1.29 is 39.0 Å². The van der Waals surface area contributed by atoms with Gasteiger partial charge in [-0.3, -0.25) is 14.5 Å². The molecular formula is C13H17LiN2O4. The maximum absolute atomic E-state index is 11.9. The van der Waals surface area contributed by atoms with Gasteiger partial charge < -0.3 is 15.5 Å². The third-order valence-corrected chi connectivity index (χ3v) is 2.97. The second-order valence-corrected chi connectivity index (χ2v) is 4.41. The van der Waals surface area contributed by atoms with Crippen molar-refractivity contribution in [2.75, 3.05) is 26.2 Å². The zero-order valence-corrected chi connectivity index (χ0v) is 11.5. The van der Waals surface area contributed by atoms with E-state index < -0.39 is 5.97 Å². The second kappa shape index (κ2) is 8.77. The molecule has 1 amide bonds. The van der Waals surface area contributed by atoms with Crippen LogP contribution >= 0.6 is 0 Å². The van der Waals surface area contributed by atoms with Gasteiger partial charge in [-0.25, -0.2) is 0 Å². The van der Waals surface area contributed by atoms with Crippen LogP contribution in [0.4, 0.5) is 0 Å². The van der Waals surface area contributed by atoms with Gasteiger partial charge in [0.1, 0.15) is 0 Å². The van der Waals surface area contributed by atoms with E-state index in [2.05, 4.69) is 0 Å². The first-order valence-corrected chi connectivity index (χ1v) is 5.91. The minimum atomic E-state index is -0.890. The quantitative estimate of drug-likeness (QED) is 0.600. The van der Waals surface area contributed by atoms with Gasteiger partial charge in [0, 0.05) is 19.6 Å². The molecular weight excluding hydrogens is 255 g/mol. The van der Waals surface area contributed by atoms with E-state index in [-0.39, 0.29) is 43.3 Å². The Morgan fingerprint density at radius 3 is 2.40 bits per heavy atom. The molecule has 2 N–H and O–H groups in total. The van der Waals surface area contributed by atoms with E-state index >= 15 is 0 Å². The molecule has 0 bridgehead atoms. The Balaban J connectivity index is 0.00000180. The van der Waals surface area contributed by atoms with Crippen LogP contribution in [0.2, 0.25) is 0 Å². The number of benzene rings is 1. The fourth-order valence-corrected chi connectivity index (χ4v) is 2.05. The molecule has 7 heteroatoms. The van der Waals surface area contributed by atoms with Crippen LogP contribution in [0, 0.1) is 0 Å². The molecule has 1 saturated heterocycles. The molecule has 1 heterocycles. The van der Waals surface area contributed by atoms with Gasteiger partial charge in [0.2, 0.25) is 5.91 Å². The number of hydrogen-bond donors (Lipinski definition) is 1. The molecule has 6 nitrogen and oxygen atoms in total. The smallest absolute Gasteiger partial charge is 0.870 e. The predicted octanol–water partition coefficient (Wildman–Crippen LogP) is -2.76. The number of carboxylic acid groups (broad SMARTS) is 1. The van der Waals surface area contributed by atoms with E-state index in [1.165, 1.54) is 0 Å². The average molecular weight is 272 g/mol. The summed E-state index contributed by atoms with van der Waals surface area (Å²) in [5, 5.41) is 8.69. The Hall–Kier alpha value is -1.32. The molecule has 2 rings (SSSR count). The van der Waals surface area contributed by atoms with Crippen LogP contribution in [0.1, 0.15) is 5.56 Å². The summed E-state index contributed by atoms with van der Waals surface area (Å²) < 4.78 is 0. The van der Waals surface area contributed by atoms with Crippen LogP contribution in [0.3, 0.4) is 0 Å². The normalized spacial score (nSPS) is 15.2. The molecule has 0 unspecified atom stereocenters. The van der Waals surface area contributed by atoms with Crippen molar-refractivity contribution in [3.8, 4) is 0 Å². The monoisotopic (exact) mass is 272 g/mol. The predicted molar refractivity (Wildman–Crippen MR) is 67.9 cm³/mol. The fraction of sp³-hybridized carbons (Fsp3) is 0.385. The van der Waals surface area contributed by atoms with Crippen LogP contribution in [0.15, 0.2) is 30.3 Å². The molecule has 1 aliphatic heterocycles. The maximum Gasteiger partial charge on any atom is 1.00 e. The van der Waals surface area contributed by atoms with Gasteiger partial charge in [-0.05, 0) is 5.56 Å². The van der Waals surface area contributed by atoms with Gasteiger partial charge >= 0.3 is 24.8 Å². The summed E-state index contributed by atoms with van der Waals surface area (Å²) in [6.07, 6.45) is 0. The number of piperazine rings is 1. The number of carboxylic acids is 1. The molecule has 1 aliphatic rings. The van der Waals surface area contributed by atoms with E-state index in [9.17, 15) is 9.59 Å². The SMILES string of the molecule is O=C(O)CN1CCN(Cc2ccccc2)C(=O)C1.[Li+].[OH-]. The molecule has 1 aromatic rings. The summed E-state index contributed by atoms with van der Waals surface area (Å²) >= 11 is 0. The number of carbonyl (C=O) groups is 2. The Morgan fingerprint density at radius 1 is 1.20 bits per heavy atom. The number of hydrogen-bond acceptors (Lipinski definition) is 4. The van der Waals surface area contributed by atoms with E-state index in [1.54, 1.807) is 9.80 Å². The first-order valence-electron chi connectivity index (χ1n) is 5.91. The standard InChI is InChI=1S/C13H16N2O3.Li.H2O/c16-12-9-14(10-13(17)18)6-7-15(12)8-11-4-2-1-3-5-11;;/h1-5H,6-10H2,(H,17,18);;1H2/q;+1;/p-1. The molecule has 0 aromatic heterocycles. The Morgan fingerprint density at radius 2 is 1.85 bits per heavy atom. The molecule has 0 saturated carbocycles. The van der Waals surface area contributed by atoms with Crippen molar-refractivity contribution in [2.24, 2.45) is 0 Å². The molecule has 0 radical (unpaired) electrons. The van der Waals surface area contributed by atoms with Crippen molar-refractivity contribution in [3.05, 3.63) is 35.9 Å². The molecule has 20 heavy (non-hydrogen) atoms. The van der Waals surface area contributed by atoms with Crippen LogP contribution in [0.25, 0.3) is 0 Å². The number of aliphatic carboxylic acids is 1. The first-order chi connectivity index (χ1) is 8.65. The van der Waals surface area contributed by atoms with Crippen LogP contribution in [-0.4, -0.2) is 58.4 Å². The Kier molecular flexibility index (Phi) is 8.19. The van der Waals surface area contributed by atoms with E-state index in [1.807, 2.05) is 30.3 Å². The molecule has 1 fully saturated rings. The summed E-state index contributed by atoms with van der Waals surface area (Å²) in [4.78, 5) is 25.9. The van der Waals surface area contributed by atoms with Gasteiger partial charge in [-0.15, -0.1) is 0 Å². The van der Waals surface area contributed by atoms with Crippen molar-refractivity contribution in [1.29, 1.82) is 0 Å². The van der Waals surface area contributed by atoms with Gasteiger partial charge in [0.05, 0.1) is 13.1 Å². The summed E-state index contributed by atoms with van der Waals surface area (Å²) in [5.74, 6) is -0.898. The molecule has 104 valence electrons. The van der Waals surface area contributed by atoms with Gasteiger partial charge in [-0.2, -0.15) is 0 Å².